The normalized spacial score (nSPS) is 16.3. The van der Waals surface area contributed by atoms with Gasteiger partial charge in [-0.2, -0.15) is 5.26 Å². The topological polar surface area (TPSA) is 73.2 Å². The van der Waals surface area contributed by atoms with Crippen LogP contribution in [0.15, 0.2) is 53.4 Å². The van der Waals surface area contributed by atoms with Crippen molar-refractivity contribution in [2.24, 2.45) is 0 Å². The fraction of sp³-hybridized carbons (Fsp3) is 0.316. The maximum atomic E-state index is 12.5. The van der Waals surface area contributed by atoms with Crippen LogP contribution in [0.5, 0.6) is 0 Å². The minimum Gasteiger partial charge on any atom is -0.299 e. The lowest BCUT2D eigenvalue weighted by molar-refractivity contribution is 0.200. The number of piperidine rings is 1. The van der Waals surface area contributed by atoms with Gasteiger partial charge in [-0.25, -0.2) is 13.1 Å². The van der Waals surface area contributed by atoms with Gasteiger partial charge in [0, 0.05) is 30.7 Å². The Morgan fingerprint density at radius 3 is 2.50 bits per heavy atom. The predicted molar refractivity (Wildman–Crippen MR) is 101 cm³/mol. The molecule has 0 saturated carbocycles. The van der Waals surface area contributed by atoms with Crippen LogP contribution in [0.4, 0.5) is 0 Å². The highest BCUT2D eigenvalue weighted by atomic mass is 35.5. The fourth-order valence-electron chi connectivity index (χ4n) is 3.08. The average molecular weight is 390 g/mol. The first-order valence-corrected chi connectivity index (χ1v) is 10.3. The van der Waals surface area contributed by atoms with Gasteiger partial charge in [0.1, 0.15) is 0 Å². The zero-order valence-electron chi connectivity index (χ0n) is 14.2. The largest absolute Gasteiger partial charge is 0.299 e. The van der Waals surface area contributed by atoms with Crippen molar-refractivity contribution in [3.05, 3.63) is 64.7 Å². The molecule has 1 heterocycles. The van der Waals surface area contributed by atoms with Crippen LogP contribution >= 0.6 is 11.6 Å². The number of likely N-dealkylation sites (tertiary alicyclic amines) is 1. The SMILES string of the molecule is N#Cc1cccc(S(=O)(=O)NC2CCN(Cc3ccc(Cl)cc3)CC2)c1. The molecule has 0 unspecified atom stereocenters. The zero-order chi connectivity index (χ0) is 18.6. The van der Waals surface area contributed by atoms with E-state index in [0.717, 1.165) is 37.5 Å². The highest BCUT2D eigenvalue weighted by Gasteiger charge is 2.24. The van der Waals surface area contributed by atoms with Gasteiger partial charge in [0.25, 0.3) is 0 Å². The Morgan fingerprint density at radius 1 is 1.15 bits per heavy atom. The summed E-state index contributed by atoms with van der Waals surface area (Å²) in [5, 5.41) is 9.66. The number of nitriles is 1. The second-order valence-corrected chi connectivity index (χ2v) is 8.59. The smallest absolute Gasteiger partial charge is 0.240 e. The van der Waals surface area contributed by atoms with E-state index < -0.39 is 10.0 Å². The van der Waals surface area contributed by atoms with E-state index in [-0.39, 0.29) is 10.9 Å². The molecule has 1 N–H and O–H groups in total. The predicted octanol–water partition coefficient (Wildman–Crippen LogP) is 3.15. The molecule has 7 heteroatoms. The van der Waals surface area contributed by atoms with Crippen LogP contribution in [0.1, 0.15) is 24.0 Å². The summed E-state index contributed by atoms with van der Waals surface area (Å²) in [4.78, 5) is 2.45. The third-order valence-electron chi connectivity index (χ3n) is 4.50. The Kier molecular flexibility index (Phi) is 5.94. The summed E-state index contributed by atoms with van der Waals surface area (Å²) in [5.41, 5.74) is 1.53. The number of hydrogen-bond donors (Lipinski definition) is 1. The molecule has 136 valence electrons. The molecule has 3 rings (SSSR count). The van der Waals surface area contributed by atoms with E-state index >= 15 is 0 Å². The summed E-state index contributed by atoms with van der Waals surface area (Å²) in [6.45, 7) is 2.49. The average Bonchev–Trinajstić information content (AvgIpc) is 2.65. The van der Waals surface area contributed by atoms with Crippen molar-refractivity contribution >= 4 is 21.6 Å². The summed E-state index contributed by atoms with van der Waals surface area (Å²) in [6.07, 6.45) is 1.51. The second kappa shape index (κ2) is 8.19. The highest BCUT2D eigenvalue weighted by molar-refractivity contribution is 7.89. The maximum Gasteiger partial charge on any atom is 0.240 e. The Hall–Kier alpha value is -1.91. The summed E-state index contributed by atoms with van der Waals surface area (Å²) >= 11 is 5.91. The molecule has 0 radical (unpaired) electrons. The molecule has 1 fully saturated rings. The molecule has 26 heavy (non-hydrogen) atoms. The second-order valence-electron chi connectivity index (χ2n) is 6.44. The molecule has 5 nitrogen and oxygen atoms in total. The Labute approximate surface area is 159 Å². The first kappa shape index (κ1) is 18.9. The number of rotatable bonds is 5. The molecule has 1 aliphatic heterocycles. The maximum absolute atomic E-state index is 12.5. The third kappa shape index (κ3) is 4.83. The molecular formula is C19H20ClN3O2S. The summed E-state index contributed by atoms with van der Waals surface area (Å²) in [6, 6.07) is 15.8. The Morgan fingerprint density at radius 2 is 1.85 bits per heavy atom. The summed E-state index contributed by atoms with van der Waals surface area (Å²) < 4.78 is 27.8. The van der Waals surface area contributed by atoms with Gasteiger partial charge in [0.15, 0.2) is 0 Å². The molecule has 0 bridgehead atoms. The minimum absolute atomic E-state index is 0.0905. The van der Waals surface area contributed by atoms with Crippen molar-refractivity contribution in [3.8, 4) is 6.07 Å². The number of hydrogen-bond acceptors (Lipinski definition) is 4. The minimum atomic E-state index is -3.61. The van der Waals surface area contributed by atoms with E-state index in [1.54, 1.807) is 12.1 Å². The molecule has 2 aromatic rings. The monoisotopic (exact) mass is 389 g/mol. The zero-order valence-corrected chi connectivity index (χ0v) is 15.8. The van der Waals surface area contributed by atoms with Crippen LogP contribution in [0.25, 0.3) is 0 Å². The molecule has 1 saturated heterocycles. The quantitative estimate of drug-likeness (QED) is 0.852. The van der Waals surface area contributed by atoms with E-state index in [2.05, 4.69) is 9.62 Å². The van der Waals surface area contributed by atoms with Crippen molar-refractivity contribution in [2.45, 2.75) is 30.3 Å². The van der Waals surface area contributed by atoms with E-state index in [4.69, 9.17) is 16.9 Å². The number of benzene rings is 2. The molecule has 1 aliphatic rings. The molecular weight excluding hydrogens is 370 g/mol. The molecule has 0 atom stereocenters. The van der Waals surface area contributed by atoms with Gasteiger partial charge in [-0.1, -0.05) is 29.8 Å². The number of halogens is 1. The third-order valence-corrected chi connectivity index (χ3v) is 6.27. The summed E-state index contributed by atoms with van der Waals surface area (Å²) in [7, 11) is -3.61. The van der Waals surface area contributed by atoms with Crippen LogP contribution in [-0.2, 0) is 16.6 Å². The van der Waals surface area contributed by atoms with E-state index in [1.165, 1.54) is 17.7 Å². The van der Waals surface area contributed by atoms with Gasteiger partial charge in [-0.05, 0) is 48.7 Å². The lowest BCUT2D eigenvalue weighted by atomic mass is 10.1. The van der Waals surface area contributed by atoms with E-state index in [1.807, 2.05) is 30.3 Å². The number of nitrogens with zero attached hydrogens (tertiary/aromatic N) is 2. The van der Waals surface area contributed by atoms with Gasteiger partial charge in [-0.3, -0.25) is 4.90 Å². The molecule has 0 aromatic heterocycles. The number of nitrogens with one attached hydrogen (secondary N) is 1. The van der Waals surface area contributed by atoms with Gasteiger partial charge in [0.2, 0.25) is 10.0 Å². The van der Waals surface area contributed by atoms with Crippen LogP contribution in [0.2, 0.25) is 5.02 Å². The van der Waals surface area contributed by atoms with Crippen LogP contribution in [0.3, 0.4) is 0 Å². The molecule has 0 amide bonds. The van der Waals surface area contributed by atoms with Crippen molar-refractivity contribution in [1.29, 1.82) is 5.26 Å². The van der Waals surface area contributed by atoms with Gasteiger partial charge >= 0.3 is 0 Å². The highest BCUT2D eigenvalue weighted by Crippen LogP contribution is 2.18. The first-order valence-electron chi connectivity index (χ1n) is 8.45. The first-order chi connectivity index (χ1) is 12.5. The lowest BCUT2D eigenvalue weighted by Gasteiger charge is -2.32. The van der Waals surface area contributed by atoms with Crippen LogP contribution in [-0.4, -0.2) is 32.4 Å². The van der Waals surface area contributed by atoms with Crippen LogP contribution in [0, 0.1) is 11.3 Å². The van der Waals surface area contributed by atoms with Crippen molar-refractivity contribution in [3.63, 3.8) is 0 Å². The number of sulfonamides is 1. The Bertz CT molecular complexity index is 899. The van der Waals surface area contributed by atoms with Gasteiger partial charge in [0.05, 0.1) is 16.5 Å². The lowest BCUT2D eigenvalue weighted by Crippen LogP contribution is -2.44. The standard InChI is InChI=1S/C19H20ClN3O2S/c20-17-6-4-15(5-7-17)14-23-10-8-18(9-11-23)22-26(24,25)19-3-1-2-16(12-19)13-21/h1-7,12,18,22H,8-11,14H2. The fourth-order valence-corrected chi connectivity index (χ4v) is 4.55. The summed E-state index contributed by atoms with van der Waals surface area (Å²) in [5.74, 6) is 0. The van der Waals surface area contributed by atoms with Crippen molar-refractivity contribution < 1.29 is 8.42 Å². The van der Waals surface area contributed by atoms with Gasteiger partial charge < -0.3 is 0 Å². The molecule has 0 aliphatic carbocycles. The van der Waals surface area contributed by atoms with E-state index in [9.17, 15) is 8.42 Å². The van der Waals surface area contributed by atoms with Crippen molar-refractivity contribution in [1.82, 2.24) is 9.62 Å². The molecule has 2 aromatic carbocycles. The Balaban J connectivity index is 1.56. The van der Waals surface area contributed by atoms with Crippen LogP contribution < -0.4 is 4.72 Å². The van der Waals surface area contributed by atoms with Crippen molar-refractivity contribution in [2.75, 3.05) is 13.1 Å². The molecule has 0 spiro atoms. The van der Waals surface area contributed by atoms with E-state index in [0.29, 0.717) is 5.56 Å². The van der Waals surface area contributed by atoms with Gasteiger partial charge in [-0.15, -0.1) is 0 Å².